The molecule has 1 aromatic heterocycles. The van der Waals surface area contributed by atoms with Crippen LogP contribution in [-0.2, 0) is 58.6 Å². The summed E-state index contributed by atoms with van der Waals surface area (Å²) in [6.45, 7) is 9.66. The summed E-state index contributed by atoms with van der Waals surface area (Å²) < 4.78 is 55.3. The molecule has 12 nitrogen and oxygen atoms in total. The fourth-order valence-corrected chi connectivity index (χ4v) is 2.67. The van der Waals surface area contributed by atoms with Crippen LogP contribution in [0.25, 0.3) is 0 Å². The maximum absolute atomic E-state index is 12.9. The molecule has 0 aliphatic heterocycles. The van der Waals surface area contributed by atoms with Gasteiger partial charge in [0.05, 0.1) is 6.42 Å². The van der Waals surface area contributed by atoms with Gasteiger partial charge in [-0.3, -0.25) is 24.0 Å². The van der Waals surface area contributed by atoms with Gasteiger partial charge in [-0.1, -0.05) is 0 Å². The van der Waals surface area contributed by atoms with Gasteiger partial charge in [0.2, 0.25) is 0 Å². The molecule has 0 spiro atoms. The highest BCUT2D eigenvalue weighted by atomic mass is 17.1. The minimum atomic E-state index is -2.43. The number of esters is 1. The number of pyridine rings is 1. The third kappa shape index (κ3) is 12.7. The first-order valence-corrected chi connectivity index (χ1v) is 11.2. The van der Waals surface area contributed by atoms with Crippen LogP contribution in [0.15, 0.2) is 24.5 Å². The first kappa shape index (κ1) is 31.3. The van der Waals surface area contributed by atoms with Crippen molar-refractivity contribution in [3.05, 3.63) is 30.1 Å². The fraction of sp³-hybridized carbons (Fsp3) is 0.739. The van der Waals surface area contributed by atoms with Crippen molar-refractivity contribution in [3.8, 4) is 0 Å². The van der Waals surface area contributed by atoms with Crippen molar-refractivity contribution in [1.29, 1.82) is 0 Å². The number of carbonyl (C=O) groups is 1. The maximum atomic E-state index is 12.9. The van der Waals surface area contributed by atoms with E-state index in [2.05, 4.69) is 4.98 Å². The van der Waals surface area contributed by atoms with Crippen LogP contribution < -0.4 is 0 Å². The Hall–Kier alpha value is -1.74. The van der Waals surface area contributed by atoms with Crippen molar-refractivity contribution in [3.63, 3.8) is 0 Å². The number of aromatic nitrogens is 1. The number of nitrogens with zero attached hydrogens (tertiary/aromatic N) is 1. The van der Waals surface area contributed by atoms with Crippen LogP contribution in [0.1, 0.15) is 47.1 Å². The number of carbonyl (C=O) groups excluding carboxylic acids is 1. The van der Waals surface area contributed by atoms with E-state index in [-0.39, 0.29) is 6.42 Å². The minimum absolute atomic E-state index is 0.114. The van der Waals surface area contributed by atoms with E-state index in [1.165, 1.54) is 21.3 Å². The molecule has 0 aliphatic rings. The van der Waals surface area contributed by atoms with Crippen LogP contribution >= 0.6 is 0 Å². The second-order valence-electron chi connectivity index (χ2n) is 7.38. The molecule has 0 N–H and O–H groups in total. The molecule has 35 heavy (non-hydrogen) atoms. The van der Waals surface area contributed by atoms with Gasteiger partial charge in [-0.15, -0.1) is 0 Å². The van der Waals surface area contributed by atoms with Crippen molar-refractivity contribution >= 4 is 5.97 Å². The molecule has 6 atom stereocenters. The van der Waals surface area contributed by atoms with E-state index in [1.54, 1.807) is 66.1 Å². The third-order valence-corrected chi connectivity index (χ3v) is 4.41. The zero-order valence-corrected chi connectivity index (χ0v) is 21.9. The molecule has 0 radical (unpaired) electrons. The van der Waals surface area contributed by atoms with Crippen LogP contribution in [-0.4, -0.2) is 76.2 Å². The molecule has 0 saturated heterocycles. The zero-order valence-electron chi connectivity index (χ0n) is 21.9. The summed E-state index contributed by atoms with van der Waals surface area (Å²) in [5.41, 5.74) is 0.658. The number of methoxy groups -OCH3 is 3. The van der Waals surface area contributed by atoms with Gasteiger partial charge in [-0.25, -0.2) is 0 Å². The topological polar surface area (TPSA) is 122 Å². The van der Waals surface area contributed by atoms with Crippen LogP contribution in [0.2, 0.25) is 0 Å². The quantitative estimate of drug-likeness (QED) is 0.215. The molecule has 0 bridgehead atoms. The molecule has 0 amide bonds. The predicted molar refractivity (Wildman–Crippen MR) is 121 cm³/mol. The zero-order chi connectivity index (χ0) is 26.4. The molecule has 12 heteroatoms. The van der Waals surface area contributed by atoms with Crippen LogP contribution in [0.4, 0.5) is 0 Å². The SMILES string of the molecule is COC(C)OC(C)OC(OC(=O)Cc1ccncc1)(OC(C)OC(C)OC)OC(C)OC(C)OC. The molecule has 1 rings (SSSR count). The molecule has 202 valence electrons. The second kappa shape index (κ2) is 16.1. The van der Waals surface area contributed by atoms with Gasteiger partial charge in [0.15, 0.2) is 37.7 Å². The third-order valence-electron chi connectivity index (χ3n) is 4.41. The van der Waals surface area contributed by atoms with E-state index in [4.69, 9.17) is 47.4 Å². The number of hydrogen-bond donors (Lipinski definition) is 0. The van der Waals surface area contributed by atoms with Crippen LogP contribution in [0, 0.1) is 0 Å². The van der Waals surface area contributed by atoms with Gasteiger partial charge in [-0.05, 0) is 59.2 Å². The first-order valence-electron chi connectivity index (χ1n) is 11.2. The second-order valence-corrected chi connectivity index (χ2v) is 7.38. The minimum Gasteiger partial charge on any atom is -0.383 e. The standard InChI is InChI=1S/C23H39NO11/c1-15(26-7)29-18(4)32-23(33-19(5)30-16(2)27-8,34-20(6)31-17(3)28-9)35-22(25)14-21-10-12-24-13-11-21/h10-13,15-20H,14H2,1-9H3. The molecular weight excluding hydrogens is 466 g/mol. The molecule has 6 unspecified atom stereocenters. The Kier molecular flexibility index (Phi) is 14.4. The predicted octanol–water partition coefficient (Wildman–Crippen LogP) is 2.89. The van der Waals surface area contributed by atoms with Crippen molar-refractivity contribution in [2.45, 2.75) is 91.9 Å². The largest absolute Gasteiger partial charge is 0.469 e. The Bertz CT molecular complexity index is 658. The van der Waals surface area contributed by atoms with Crippen molar-refractivity contribution in [1.82, 2.24) is 4.98 Å². The number of rotatable bonds is 18. The van der Waals surface area contributed by atoms with E-state index < -0.39 is 49.9 Å². The molecule has 0 aromatic carbocycles. The van der Waals surface area contributed by atoms with Gasteiger partial charge in [-0.2, -0.15) is 0 Å². The summed E-state index contributed by atoms with van der Waals surface area (Å²) in [7, 11) is 4.41. The lowest BCUT2D eigenvalue weighted by atomic mass is 10.2. The summed E-state index contributed by atoms with van der Waals surface area (Å²) in [4.78, 5) is 16.9. The van der Waals surface area contributed by atoms with E-state index in [0.29, 0.717) is 5.56 Å². The average molecular weight is 506 g/mol. The molecule has 0 fully saturated rings. The first-order chi connectivity index (χ1) is 16.5. The lowest BCUT2D eigenvalue weighted by Gasteiger charge is -2.37. The van der Waals surface area contributed by atoms with Gasteiger partial charge in [0.1, 0.15) is 0 Å². The van der Waals surface area contributed by atoms with Gasteiger partial charge in [0, 0.05) is 33.7 Å². The van der Waals surface area contributed by atoms with E-state index in [1.807, 2.05) is 0 Å². The Balaban J connectivity index is 3.23. The highest BCUT2D eigenvalue weighted by Crippen LogP contribution is 2.27. The molecule has 1 aromatic rings. The van der Waals surface area contributed by atoms with E-state index in [9.17, 15) is 4.79 Å². The van der Waals surface area contributed by atoms with E-state index in [0.717, 1.165) is 0 Å². The Morgan fingerprint density at radius 2 is 1.09 bits per heavy atom. The number of hydrogen-bond acceptors (Lipinski definition) is 12. The van der Waals surface area contributed by atoms with Crippen LogP contribution in [0.5, 0.6) is 0 Å². The molecule has 0 saturated carbocycles. The number of ether oxygens (including phenoxy) is 10. The van der Waals surface area contributed by atoms with Crippen molar-refractivity contribution < 1.29 is 52.2 Å². The maximum Gasteiger partial charge on any atom is 0.469 e. The highest BCUT2D eigenvalue weighted by Gasteiger charge is 2.46. The summed E-state index contributed by atoms with van der Waals surface area (Å²) in [6.07, 6.45) is -4.39. The monoisotopic (exact) mass is 505 g/mol. The Morgan fingerprint density at radius 1 is 0.714 bits per heavy atom. The van der Waals surface area contributed by atoms with E-state index >= 15 is 0 Å². The summed E-state index contributed by atoms with van der Waals surface area (Å²) in [5, 5.41) is 0. The molecule has 1 heterocycles. The fourth-order valence-electron chi connectivity index (χ4n) is 2.67. The summed E-state index contributed by atoms with van der Waals surface area (Å²) in [5.74, 6) is -0.720. The highest BCUT2D eigenvalue weighted by molar-refractivity contribution is 5.72. The Labute approximate surface area is 207 Å². The average Bonchev–Trinajstić information content (AvgIpc) is 2.78. The van der Waals surface area contributed by atoms with Crippen molar-refractivity contribution in [2.75, 3.05) is 21.3 Å². The lowest BCUT2D eigenvalue weighted by molar-refractivity contribution is -0.551. The Morgan fingerprint density at radius 3 is 1.43 bits per heavy atom. The van der Waals surface area contributed by atoms with Gasteiger partial charge in [0.25, 0.3) is 0 Å². The molecule has 0 aliphatic carbocycles. The lowest BCUT2D eigenvalue weighted by Crippen LogP contribution is -2.51. The van der Waals surface area contributed by atoms with Crippen molar-refractivity contribution in [2.24, 2.45) is 0 Å². The molecular formula is C23H39NO11. The summed E-state index contributed by atoms with van der Waals surface area (Å²) >= 11 is 0. The smallest absolute Gasteiger partial charge is 0.383 e. The van der Waals surface area contributed by atoms with Gasteiger partial charge >= 0.3 is 12.1 Å². The van der Waals surface area contributed by atoms with Crippen LogP contribution in [0.3, 0.4) is 0 Å². The summed E-state index contributed by atoms with van der Waals surface area (Å²) in [6, 6.07) is 3.35. The normalized spacial score (nSPS) is 18.7. The van der Waals surface area contributed by atoms with Gasteiger partial charge < -0.3 is 33.2 Å².